The molecule has 0 saturated carbocycles. The van der Waals surface area contributed by atoms with Crippen molar-refractivity contribution in [1.82, 2.24) is 4.90 Å². The zero-order valence-electron chi connectivity index (χ0n) is 13.3. The number of rotatable bonds is 7. The van der Waals surface area contributed by atoms with Crippen molar-refractivity contribution in [3.05, 3.63) is 29.8 Å². The number of nitrogens with zero attached hydrogens (tertiary/aromatic N) is 1. The van der Waals surface area contributed by atoms with Gasteiger partial charge in [-0.1, -0.05) is 12.1 Å². The Morgan fingerprint density at radius 3 is 3.00 bits per heavy atom. The van der Waals surface area contributed by atoms with Crippen molar-refractivity contribution >= 4 is 0 Å². The number of hydrogen-bond donors (Lipinski definition) is 1. The second-order valence-electron chi connectivity index (χ2n) is 6.09. The van der Waals surface area contributed by atoms with E-state index in [1.807, 2.05) is 31.4 Å². The summed E-state index contributed by atoms with van der Waals surface area (Å²) in [5.74, 6) is 0.915. The molecule has 0 aromatic heterocycles. The van der Waals surface area contributed by atoms with E-state index in [1.54, 1.807) is 0 Å². The maximum atomic E-state index is 5.80. The molecule has 1 aliphatic heterocycles. The summed E-state index contributed by atoms with van der Waals surface area (Å²) in [6.45, 7) is 6.76. The third-order valence-corrected chi connectivity index (χ3v) is 4.25. The van der Waals surface area contributed by atoms with Crippen molar-refractivity contribution in [2.75, 3.05) is 33.4 Å². The Kier molecular flexibility index (Phi) is 6.03. The molecular weight excluding hydrogens is 264 g/mol. The lowest BCUT2D eigenvalue weighted by Crippen LogP contribution is -2.47. The van der Waals surface area contributed by atoms with Crippen LogP contribution in [-0.2, 0) is 11.3 Å². The summed E-state index contributed by atoms with van der Waals surface area (Å²) < 4.78 is 11.4. The Labute approximate surface area is 128 Å². The van der Waals surface area contributed by atoms with Gasteiger partial charge in [0.05, 0.1) is 12.2 Å². The van der Waals surface area contributed by atoms with Crippen LogP contribution in [-0.4, -0.2) is 43.9 Å². The molecule has 1 atom stereocenters. The summed E-state index contributed by atoms with van der Waals surface area (Å²) in [5.41, 5.74) is 6.77. The third-order valence-electron chi connectivity index (χ3n) is 4.25. The molecule has 2 rings (SSSR count). The van der Waals surface area contributed by atoms with Gasteiger partial charge in [-0.15, -0.1) is 0 Å². The van der Waals surface area contributed by atoms with Crippen LogP contribution >= 0.6 is 0 Å². The lowest BCUT2D eigenvalue weighted by atomic mass is 9.95. The monoisotopic (exact) mass is 292 g/mol. The van der Waals surface area contributed by atoms with Gasteiger partial charge >= 0.3 is 0 Å². The number of likely N-dealkylation sites (tertiary alicyclic amines) is 1. The van der Waals surface area contributed by atoms with E-state index < -0.39 is 0 Å². The number of methoxy groups -OCH3 is 1. The van der Waals surface area contributed by atoms with E-state index >= 15 is 0 Å². The van der Waals surface area contributed by atoms with Gasteiger partial charge in [-0.2, -0.15) is 0 Å². The normalized spacial score (nSPS) is 23.2. The fraction of sp³-hybridized carbons (Fsp3) is 0.647. The molecule has 1 aromatic rings. The van der Waals surface area contributed by atoms with Gasteiger partial charge in [0, 0.05) is 26.7 Å². The van der Waals surface area contributed by atoms with Crippen LogP contribution in [0, 0.1) is 0 Å². The van der Waals surface area contributed by atoms with Gasteiger partial charge in [0.1, 0.15) is 5.75 Å². The molecular formula is C17H28N2O2. The molecule has 0 radical (unpaired) electrons. The second kappa shape index (κ2) is 7.78. The predicted octanol–water partition coefficient (Wildman–Crippen LogP) is 2.42. The molecule has 1 fully saturated rings. The summed E-state index contributed by atoms with van der Waals surface area (Å²) in [6.07, 6.45) is 3.40. The summed E-state index contributed by atoms with van der Waals surface area (Å²) in [7, 11) is 1.82. The smallest absolute Gasteiger partial charge is 0.119 e. The van der Waals surface area contributed by atoms with Crippen LogP contribution in [0.5, 0.6) is 5.75 Å². The Balaban J connectivity index is 1.69. The fourth-order valence-electron chi connectivity index (χ4n) is 2.91. The SMILES string of the molecule is COC1(C)CCCN(CCCOc2cccc(CN)c2)C1. The Hall–Kier alpha value is -1.10. The number of hydrogen-bond acceptors (Lipinski definition) is 4. The molecule has 1 saturated heterocycles. The molecule has 0 spiro atoms. The third kappa shape index (κ3) is 4.99. The first-order valence-electron chi connectivity index (χ1n) is 7.84. The molecule has 0 bridgehead atoms. The molecule has 2 N–H and O–H groups in total. The average Bonchev–Trinajstić information content (AvgIpc) is 2.52. The van der Waals surface area contributed by atoms with Crippen molar-refractivity contribution in [3.8, 4) is 5.75 Å². The standard InChI is InChI=1S/C17H28N2O2/c1-17(20-2)8-4-9-19(14-17)10-5-11-21-16-7-3-6-15(12-16)13-18/h3,6-7,12H,4-5,8-11,13-14,18H2,1-2H3. The first kappa shape index (κ1) is 16.3. The van der Waals surface area contributed by atoms with E-state index in [1.165, 1.54) is 13.0 Å². The van der Waals surface area contributed by atoms with E-state index in [0.717, 1.165) is 43.9 Å². The van der Waals surface area contributed by atoms with Crippen LogP contribution in [0.3, 0.4) is 0 Å². The first-order chi connectivity index (χ1) is 10.1. The van der Waals surface area contributed by atoms with Crippen LogP contribution in [0.2, 0.25) is 0 Å². The summed E-state index contributed by atoms with van der Waals surface area (Å²) in [4.78, 5) is 2.48. The van der Waals surface area contributed by atoms with Crippen LogP contribution in [0.1, 0.15) is 31.7 Å². The van der Waals surface area contributed by atoms with E-state index in [-0.39, 0.29) is 5.60 Å². The highest BCUT2D eigenvalue weighted by atomic mass is 16.5. The topological polar surface area (TPSA) is 47.7 Å². The lowest BCUT2D eigenvalue weighted by molar-refractivity contribution is -0.0512. The highest BCUT2D eigenvalue weighted by Crippen LogP contribution is 2.23. The Morgan fingerprint density at radius 1 is 1.38 bits per heavy atom. The van der Waals surface area contributed by atoms with Crippen LogP contribution in [0.4, 0.5) is 0 Å². The van der Waals surface area contributed by atoms with Crippen LogP contribution < -0.4 is 10.5 Å². The minimum Gasteiger partial charge on any atom is -0.494 e. The molecule has 1 unspecified atom stereocenters. The fourth-order valence-corrected chi connectivity index (χ4v) is 2.91. The van der Waals surface area contributed by atoms with E-state index in [4.69, 9.17) is 15.2 Å². The maximum Gasteiger partial charge on any atom is 0.119 e. The van der Waals surface area contributed by atoms with Crippen molar-refractivity contribution in [2.45, 2.75) is 38.3 Å². The maximum absolute atomic E-state index is 5.80. The number of benzene rings is 1. The number of piperidine rings is 1. The largest absolute Gasteiger partial charge is 0.494 e. The molecule has 0 amide bonds. The molecule has 1 aromatic carbocycles. The molecule has 21 heavy (non-hydrogen) atoms. The number of nitrogens with two attached hydrogens (primary N) is 1. The Morgan fingerprint density at radius 2 is 2.24 bits per heavy atom. The van der Waals surface area contributed by atoms with E-state index in [0.29, 0.717) is 6.54 Å². The van der Waals surface area contributed by atoms with Gasteiger partial charge in [-0.25, -0.2) is 0 Å². The van der Waals surface area contributed by atoms with Gasteiger partial charge in [0.15, 0.2) is 0 Å². The molecule has 4 nitrogen and oxygen atoms in total. The number of ether oxygens (including phenoxy) is 2. The average molecular weight is 292 g/mol. The van der Waals surface area contributed by atoms with Crippen LogP contribution in [0.25, 0.3) is 0 Å². The van der Waals surface area contributed by atoms with Crippen molar-refractivity contribution < 1.29 is 9.47 Å². The zero-order chi connectivity index (χ0) is 15.1. The Bertz CT molecular complexity index is 439. The van der Waals surface area contributed by atoms with E-state index in [2.05, 4.69) is 11.8 Å². The minimum absolute atomic E-state index is 0.0224. The summed E-state index contributed by atoms with van der Waals surface area (Å²) in [5, 5.41) is 0. The van der Waals surface area contributed by atoms with Gasteiger partial charge in [-0.3, -0.25) is 0 Å². The highest BCUT2D eigenvalue weighted by Gasteiger charge is 2.30. The lowest BCUT2D eigenvalue weighted by Gasteiger charge is -2.39. The minimum atomic E-state index is 0.0224. The highest BCUT2D eigenvalue weighted by molar-refractivity contribution is 5.28. The first-order valence-corrected chi connectivity index (χ1v) is 7.84. The molecule has 118 valence electrons. The van der Waals surface area contributed by atoms with Gasteiger partial charge < -0.3 is 20.1 Å². The summed E-state index contributed by atoms with van der Waals surface area (Å²) >= 11 is 0. The molecule has 0 aliphatic carbocycles. The van der Waals surface area contributed by atoms with Crippen molar-refractivity contribution in [1.29, 1.82) is 0 Å². The molecule has 1 heterocycles. The van der Waals surface area contributed by atoms with Crippen molar-refractivity contribution in [2.24, 2.45) is 5.73 Å². The van der Waals surface area contributed by atoms with E-state index in [9.17, 15) is 0 Å². The van der Waals surface area contributed by atoms with Gasteiger partial charge in [0.25, 0.3) is 0 Å². The zero-order valence-corrected chi connectivity index (χ0v) is 13.3. The molecule has 4 heteroatoms. The van der Waals surface area contributed by atoms with Crippen LogP contribution in [0.15, 0.2) is 24.3 Å². The quantitative estimate of drug-likeness (QED) is 0.784. The second-order valence-corrected chi connectivity index (χ2v) is 6.09. The summed E-state index contributed by atoms with van der Waals surface area (Å²) in [6, 6.07) is 8.02. The van der Waals surface area contributed by atoms with Gasteiger partial charge in [0.2, 0.25) is 0 Å². The molecule has 1 aliphatic rings. The van der Waals surface area contributed by atoms with Crippen molar-refractivity contribution in [3.63, 3.8) is 0 Å². The van der Waals surface area contributed by atoms with Gasteiger partial charge in [-0.05, 0) is 50.4 Å². The predicted molar refractivity (Wildman–Crippen MR) is 85.5 cm³/mol.